The second kappa shape index (κ2) is 7.25. The fraction of sp³-hybridized carbons (Fsp3) is 0.364. The highest BCUT2D eigenvalue weighted by molar-refractivity contribution is 7.46. The molecule has 106 valence electrons. The third-order valence-corrected chi connectivity index (χ3v) is 2.50. The number of carbonyl (C=O) groups excluding carboxylic acids is 1. The highest BCUT2D eigenvalue weighted by Crippen LogP contribution is 2.35. The standard InChI is InChI=1S/C11H15O7P/c1-2-16-11(12)9-3-5-10(6-4-9)17-7-8-18-19(13,14)15/h3-6H,2,7-8H2,1H3,(H2,13,14,15). The van der Waals surface area contributed by atoms with Gasteiger partial charge in [-0.3, -0.25) is 4.52 Å². The zero-order chi connectivity index (χ0) is 14.3. The molecule has 0 aliphatic rings. The molecule has 0 fully saturated rings. The molecule has 0 aliphatic heterocycles. The zero-order valence-electron chi connectivity index (χ0n) is 10.3. The molecule has 1 rings (SSSR count). The van der Waals surface area contributed by atoms with Gasteiger partial charge in [-0.05, 0) is 31.2 Å². The van der Waals surface area contributed by atoms with Crippen molar-refractivity contribution in [3.8, 4) is 5.75 Å². The van der Waals surface area contributed by atoms with E-state index in [-0.39, 0.29) is 13.2 Å². The summed E-state index contributed by atoms with van der Waals surface area (Å²) in [6.45, 7) is 1.78. The first-order valence-electron chi connectivity index (χ1n) is 5.52. The fourth-order valence-corrected chi connectivity index (χ4v) is 1.53. The van der Waals surface area contributed by atoms with Crippen molar-refractivity contribution in [1.29, 1.82) is 0 Å². The van der Waals surface area contributed by atoms with Gasteiger partial charge in [0.05, 0.1) is 18.8 Å². The van der Waals surface area contributed by atoms with Crippen LogP contribution in [0.2, 0.25) is 0 Å². The van der Waals surface area contributed by atoms with Crippen molar-refractivity contribution >= 4 is 13.8 Å². The molecule has 0 saturated heterocycles. The Morgan fingerprint density at radius 2 is 1.84 bits per heavy atom. The Hall–Kier alpha value is -1.40. The largest absolute Gasteiger partial charge is 0.491 e. The van der Waals surface area contributed by atoms with Crippen molar-refractivity contribution in [2.45, 2.75) is 6.92 Å². The number of esters is 1. The quantitative estimate of drug-likeness (QED) is 0.444. The van der Waals surface area contributed by atoms with Crippen LogP contribution in [0.25, 0.3) is 0 Å². The van der Waals surface area contributed by atoms with Gasteiger partial charge in [0, 0.05) is 0 Å². The molecule has 0 bridgehead atoms. The molecule has 0 saturated carbocycles. The summed E-state index contributed by atoms with van der Waals surface area (Å²) < 4.78 is 24.6. The predicted molar refractivity (Wildman–Crippen MR) is 65.9 cm³/mol. The number of benzene rings is 1. The molecule has 0 radical (unpaired) electrons. The van der Waals surface area contributed by atoms with Crippen LogP contribution in [0.4, 0.5) is 0 Å². The Balaban J connectivity index is 2.40. The van der Waals surface area contributed by atoms with E-state index in [9.17, 15) is 9.36 Å². The summed E-state index contributed by atoms with van der Waals surface area (Å²) in [7, 11) is -4.46. The van der Waals surface area contributed by atoms with Crippen LogP contribution < -0.4 is 4.74 Å². The molecule has 19 heavy (non-hydrogen) atoms. The minimum Gasteiger partial charge on any atom is -0.491 e. The van der Waals surface area contributed by atoms with E-state index in [1.165, 1.54) is 12.1 Å². The summed E-state index contributed by atoms with van der Waals surface area (Å²) in [5, 5.41) is 0. The molecule has 0 amide bonds. The molecule has 0 unspecified atom stereocenters. The van der Waals surface area contributed by atoms with Gasteiger partial charge < -0.3 is 19.3 Å². The summed E-state index contributed by atoms with van der Waals surface area (Å²) >= 11 is 0. The molecule has 0 spiro atoms. The maximum atomic E-state index is 11.4. The number of rotatable bonds is 7. The molecule has 0 aliphatic carbocycles. The zero-order valence-corrected chi connectivity index (χ0v) is 11.2. The van der Waals surface area contributed by atoms with Gasteiger partial charge in [-0.1, -0.05) is 0 Å². The Morgan fingerprint density at radius 3 is 2.37 bits per heavy atom. The van der Waals surface area contributed by atoms with E-state index in [1.807, 2.05) is 0 Å². The minimum atomic E-state index is -4.46. The minimum absolute atomic E-state index is 0.0101. The van der Waals surface area contributed by atoms with E-state index in [4.69, 9.17) is 19.3 Å². The lowest BCUT2D eigenvalue weighted by atomic mass is 10.2. The van der Waals surface area contributed by atoms with Gasteiger partial charge in [-0.15, -0.1) is 0 Å². The normalized spacial score (nSPS) is 11.1. The lowest BCUT2D eigenvalue weighted by Gasteiger charge is -2.08. The van der Waals surface area contributed by atoms with Crippen LogP contribution in [0.1, 0.15) is 17.3 Å². The van der Waals surface area contributed by atoms with E-state index in [2.05, 4.69) is 4.52 Å². The molecule has 0 atom stereocenters. The average molecular weight is 290 g/mol. The van der Waals surface area contributed by atoms with Crippen LogP contribution in [0.5, 0.6) is 5.75 Å². The number of phosphoric acid groups is 1. The Bertz CT molecular complexity index is 451. The van der Waals surface area contributed by atoms with E-state index >= 15 is 0 Å². The second-order valence-corrected chi connectivity index (χ2v) is 4.66. The summed E-state index contributed by atoms with van der Waals surface area (Å²) in [6.07, 6.45) is 0. The van der Waals surface area contributed by atoms with Gasteiger partial charge in [0.25, 0.3) is 0 Å². The first-order valence-corrected chi connectivity index (χ1v) is 7.05. The van der Waals surface area contributed by atoms with Gasteiger partial charge in [0.15, 0.2) is 0 Å². The van der Waals surface area contributed by atoms with E-state index in [0.29, 0.717) is 17.9 Å². The Morgan fingerprint density at radius 1 is 1.21 bits per heavy atom. The lowest BCUT2D eigenvalue weighted by Crippen LogP contribution is -2.06. The summed E-state index contributed by atoms with van der Waals surface area (Å²) in [6, 6.07) is 6.20. The Kier molecular flexibility index (Phi) is 5.98. The summed E-state index contributed by atoms with van der Waals surface area (Å²) in [5.41, 5.74) is 0.403. The number of ether oxygens (including phenoxy) is 2. The lowest BCUT2D eigenvalue weighted by molar-refractivity contribution is 0.0526. The van der Waals surface area contributed by atoms with Crippen LogP contribution >= 0.6 is 7.82 Å². The van der Waals surface area contributed by atoms with E-state index in [0.717, 1.165) is 0 Å². The van der Waals surface area contributed by atoms with Crippen molar-refractivity contribution in [1.82, 2.24) is 0 Å². The van der Waals surface area contributed by atoms with E-state index in [1.54, 1.807) is 19.1 Å². The summed E-state index contributed by atoms with van der Waals surface area (Å²) in [5.74, 6) is 0.0428. The predicted octanol–water partition coefficient (Wildman–Crippen LogP) is 1.35. The molecule has 0 aromatic heterocycles. The van der Waals surface area contributed by atoms with Crippen LogP contribution in [0.15, 0.2) is 24.3 Å². The van der Waals surface area contributed by atoms with Gasteiger partial charge in [0.2, 0.25) is 0 Å². The third-order valence-electron chi connectivity index (χ3n) is 1.98. The van der Waals surface area contributed by atoms with Crippen molar-refractivity contribution in [3.05, 3.63) is 29.8 Å². The molecular formula is C11H15O7P. The second-order valence-electron chi connectivity index (χ2n) is 3.42. The number of carbonyl (C=O) groups is 1. The highest BCUT2D eigenvalue weighted by atomic mass is 31.2. The molecule has 7 nitrogen and oxygen atoms in total. The number of phosphoric ester groups is 1. The summed E-state index contributed by atoms with van der Waals surface area (Å²) in [4.78, 5) is 28.2. The fourth-order valence-electron chi connectivity index (χ4n) is 1.22. The number of hydrogen-bond acceptors (Lipinski definition) is 5. The van der Waals surface area contributed by atoms with Gasteiger partial charge in [-0.2, -0.15) is 0 Å². The van der Waals surface area contributed by atoms with E-state index < -0.39 is 13.8 Å². The van der Waals surface area contributed by atoms with Crippen LogP contribution in [0, 0.1) is 0 Å². The maximum Gasteiger partial charge on any atom is 0.469 e. The van der Waals surface area contributed by atoms with Crippen LogP contribution in [-0.4, -0.2) is 35.6 Å². The maximum absolute atomic E-state index is 11.4. The molecular weight excluding hydrogens is 275 g/mol. The molecule has 8 heteroatoms. The molecule has 0 heterocycles. The Labute approximate surface area is 110 Å². The van der Waals surface area contributed by atoms with Gasteiger partial charge in [0.1, 0.15) is 12.4 Å². The first-order chi connectivity index (χ1) is 8.92. The average Bonchev–Trinajstić information content (AvgIpc) is 2.34. The van der Waals surface area contributed by atoms with Gasteiger partial charge in [-0.25, -0.2) is 9.36 Å². The van der Waals surface area contributed by atoms with Gasteiger partial charge >= 0.3 is 13.8 Å². The van der Waals surface area contributed by atoms with Crippen molar-refractivity contribution in [3.63, 3.8) is 0 Å². The molecule has 1 aromatic carbocycles. The van der Waals surface area contributed by atoms with Crippen LogP contribution in [0.3, 0.4) is 0 Å². The highest BCUT2D eigenvalue weighted by Gasteiger charge is 2.13. The van der Waals surface area contributed by atoms with Crippen molar-refractivity contribution < 1.29 is 33.1 Å². The third kappa shape index (κ3) is 6.35. The monoisotopic (exact) mass is 290 g/mol. The van der Waals surface area contributed by atoms with Crippen LogP contribution in [-0.2, 0) is 13.8 Å². The smallest absolute Gasteiger partial charge is 0.469 e. The number of hydrogen-bond donors (Lipinski definition) is 2. The molecule has 1 aromatic rings. The SMILES string of the molecule is CCOC(=O)c1ccc(OCCOP(=O)(O)O)cc1. The first kappa shape index (κ1) is 15.7. The van der Waals surface area contributed by atoms with Crippen molar-refractivity contribution in [2.75, 3.05) is 19.8 Å². The van der Waals surface area contributed by atoms with Crippen molar-refractivity contribution in [2.24, 2.45) is 0 Å². The topological polar surface area (TPSA) is 102 Å². The molecule has 2 N–H and O–H groups in total.